The third-order valence-electron chi connectivity index (χ3n) is 2.68. The molecule has 0 spiro atoms. The fourth-order valence-electron chi connectivity index (χ4n) is 1.76. The molecule has 0 unspecified atom stereocenters. The molecule has 0 saturated heterocycles. The summed E-state index contributed by atoms with van der Waals surface area (Å²) < 4.78 is 43.2. The summed E-state index contributed by atoms with van der Waals surface area (Å²) in [5.41, 5.74) is 0.813. The van der Waals surface area contributed by atoms with Crippen LogP contribution in [0.3, 0.4) is 0 Å². The zero-order valence-corrected chi connectivity index (χ0v) is 10.5. The van der Waals surface area contributed by atoms with Gasteiger partial charge in [0.05, 0.1) is 12.7 Å². The molecule has 0 aliphatic carbocycles. The number of nitrogens with zero attached hydrogens (tertiary/aromatic N) is 1. The molecule has 0 amide bonds. The molecule has 1 aromatic carbocycles. The molecule has 0 fully saturated rings. The Morgan fingerprint density at radius 2 is 1.84 bits per heavy atom. The van der Waals surface area contributed by atoms with Gasteiger partial charge >= 0.3 is 6.18 Å². The summed E-state index contributed by atoms with van der Waals surface area (Å²) in [5.74, 6) is 0.449. The van der Waals surface area contributed by atoms with E-state index in [2.05, 4.69) is 4.98 Å². The average Bonchev–Trinajstić information content (AvgIpc) is 2.38. The summed E-state index contributed by atoms with van der Waals surface area (Å²) in [4.78, 5) is 4.25. The lowest BCUT2D eigenvalue weighted by atomic mass is 10.1. The van der Waals surface area contributed by atoms with Crippen LogP contribution >= 0.6 is 0 Å². The number of benzene rings is 1. The van der Waals surface area contributed by atoms with Gasteiger partial charge in [0, 0.05) is 11.3 Å². The van der Waals surface area contributed by atoms with Crippen LogP contribution in [0, 0.1) is 6.92 Å². The molecule has 0 aliphatic heterocycles. The number of hydrogen-bond acceptors (Lipinski definition) is 2. The van der Waals surface area contributed by atoms with Gasteiger partial charge in [-0.1, -0.05) is 12.1 Å². The SMILES string of the molecule is COc1ccc(C)nc1-c1cccc(C(F)(F)F)c1. The lowest BCUT2D eigenvalue weighted by molar-refractivity contribution is -0.137. The maximum atomic E-state index is 12.7. The van der Waals surface area contributed by atoms with Crippen LogP contribution in [0.4, 0.5) is 13.2 Å². The molecule has 2 aromatic rings. The lowest BCUT2D eigenvalue weighted by Gasteiger charge is -2.11. The molecule has 2 rings (SSSR count). The van der Waals surface area contributed by atoms with Gasteiger partial charge in [0.1, 0.15) is 11.4 Å². The maximum Gasteiger partial charge on any atom is 0.416 e. The molecule has 1 aromatic heterocycles. The van der Waals surface area contributed by atoms with Crippen molar-refractivity contribution >= 4 is 0 Å². The number of aromatic nitrogens is 1. The zero-order valence-electron chi connectivity index (χ0n) is 10.5. The van der Waals surface area contributed by atoms with Crippen molar-refractivity contribution in [1.29, 1.82) is 0 Å². The molecule has 100 valence electrons. The van der Waals surface area contributed by atoms with E-state index in [0.717, 1.165) is 12.1 Å². The fourth-order valence-corrected chi connectivity index (χ4v) is 1.76. The Morgan fingerprint density at radius 1 is 1.11 bits per heavy atom. The molecular formula is C14H12F3NO. The summed E-state index contributed by atoms with van der Waals surface area (Å²) >= 11 is 0. The average molecular weight is 267 g/mol. The van der Waals surface area contributed by atoms with Crippen LogP contribution in [0.1, 0.15) is 11.3 Å². The van der Waals surface area contributed by atoms with Gasteiger partial charge in [-0.3, -0.25) is 0 Å². The molecule has 0 atom stereocenters. The first kappa shape index (κ1) is 13.4. The lowest BCUT2D eigenvalue weighted by Crippen LogP contribution is -2.05. The highest BCUT2D eigenvalue weighted by Gasteiger charge is 2.30. The largest absolute Gasteiger partial charge is 0.494 e. The van der Waals surface area contributed by atoms with Gasteiger partial charge in [0.2, 0.25) is 0 Å². The zero-order chi connectivity index (χ0) is 14.0. The predicted octanol–water partition coefficient (Wildman–Crippen LogP) is 4.08. The van der Waals surface area contributed by atoms with E-state index in [4.69, 9.17) is 4.74 Å². The summed E-state index contributed by atoms with van der Waals surface area (Å²) in [7, 11) is 1.46. The number of pyridine rings is 1. The Hall–Kier alpha value is -2.04. The first-order chi connectivity index (χ1) is 8.91. The minimum absolute atomic E-state index is 0.385. The van der Waals surface area contributed by atoms with Crippen LogP contribution in [0.5, 0.6) is 5.75 Å². The minimum atomic E-state index is -4.37. The second-order valence-electron chi connectivity index (χ2n) is 4.08. The normalized spacial score (nSPS) is 11.4. The van der Waals surface area contributed by atoms with Crippen molar-refractivity contribution in [2.24, 2.45) is 0 Å². The highest BCUT2D eigenvalue weighted by atomic mass is 19.4. The molecular weight excluding hydrogens is 255 g/mol. The molecule has 0 bridgehead atoms. The van der Waals surface area contributed by atoms with Gasteiger partial charge < -0.3 is 4.74 Å². The van der Waals surface area contributed by atoms with Crippen molar-refractivity contribution in [1.82, 2.24) is 4.98 Å². The Morgan fingerprint density at radius 3 is 2.47 bits per heavy atom. The Bertz CT molecular complexity index is 593. The first-order valence-electron chi connectivity index (χ1n) is 5.61. The molecule has 0 radical (unpaired) electrons. The number of methoxy groups -OCH3 is 1. The molecule has 5 heteroatoms. The van der Waals surface area contributed by atoms with Crippen molar-refractivity contribution in [3.63, 3.8) is 0 Å². The summed E-state index contributed by atoms with van der Waals surface area (Å²) in [5, 5.41) is 0. The monoisotopic (exact) mass is 267 g/mol. The van der Waals surface area contributed by atoms with E-state index in [0.29, 0.717) is 22.7 Å². The Labute approximate surface area is 108 Å². The Balaban J connectivity index is 2.56. The number of alkyl halides is 3. The summed E-state index contributed by atoms with van der Waals surface area (Å²) in [6, 6.07) is 8.49. The van der Waals surface area contributed by atoms with Crippen molar-refractivity contribution in [3.8, 4) is 17.0 Å². The van der Waals surface area contributed by atoms with Crippen LogP contribution in [-0.4, -0.2) is 12.1 Å². The third kappa shape index (κ3) is 2.86. The molecule has 0 N–H and O–H groups in total. The van der Waals surface area contributed by atoms with Crippen LogP contribution in [0.2, 0.25) is 0 Å². The van der Waals surface area contributed by atoms with Crippen molar-refractivity contribution in [2.45, 2.75) is 13.1 Å². The smallest absolute Gasteiger partial charge is 0.416 e. The quantitative estimate of drug-likeness (QED) is 0.817. The van der Waals surface area contributed by atoms with E-state index in [1.165, 1.54) is 13.2 Å². The van der Waals surface area contributed by atoms with Gasteiger partial charge in [-0.15, -0.1) is 0 Å². The van der Waals surface area contributed by atoms with Crippen LogP contribution in [0.25, 0.3) is 11.3 Å². The summed E-state index contributed by atoms with van der Waals surface area (Å²) in [6.07, 6.45) is -4.37. The summed E-state index contributed by atoms with van der Waals surface area (Å²) in [6.45, 7) is 1.77. The van der Waals surface area contributed by atoms with E-state index in [1.54, 1.807) is 25.1 Å². The second kappa shape index (κ2) is 4.91. The molecule has 1 heterocycles. The van der Waals surface area contributed by atoms with E-state index >= 15 is 0 Å². The number of ether oxygens (including phenoxy) is 1. The van der Waals surface area contributed by atoms with Crippen LogP contribution < -0.4 is 4.74 Å². The second-order valence-corrected chi connectivity index (χ2v) is 4.08. The highest BCUT2D eigenvalue weighted by Crippen LogP contribution is 2.34. The van der Waals surface area contributed by atoms with Gasteiger partial charge in [-0.2, -0.15) is 13.2 Å². The van der Waals surface area contributed by atoms with Crippen LogP contribution in [-0.2, 0) is 6.18 Å². The van der Waals surface area contributed by atoms with E-state index in [-0.39, 0.29) is 0 Å². The predicted molar refractivity (Wildman–Crippen MR) is 66.0 cm³/mol. The Kier molecular flexibility index (Phi) is 3.46. The van der Waals surface area contributed by atoms with Crippen molar-refractivity contribution in [2.75, 3.05) is 7.11 Å². The fraction of sp³-hybridized carbons (Fsp3) is 0.214. The highest BCUT2D eigenvalue weighted by molar-refractivity contribution is 5.67. The molecule has 0 aliphatic rings. The number of hydrogen-bond donors (Lipinski definition) is 0. The maximum absolute atomic E-state index is 12.7. The molecule has 2 nitrogen and oxygen atoms in total. The number of halogens is 3. The van der Waals surface area contributed by atoms with Gasteiger partial charge in [0.25, 0.3) is 0 Å². The molecule has 0 saturated carbocycles. The van der Waals surface area contributed by atoms with E-state index in [1.807, 2.05) is 0 Å². The van der Waals surface area contributed by atoms with Crippen molar-refractivity contribution < 1.29 is 17.9 Å². The van der Waals surface area contributed by atoms with Crippen LogP contribution in [0.15, 0.2) is 36.4 Å². The standard InChI is InChI=1S/C14H12F3NO/c1-9-6-7-12(19-2)13(18-9)10-4-3-5-11(8-10)14(15,16)17/h3-8H,1-2H3. The van der Waals surface area contributed by atoms with Gasteiger partial charge in [0.15, 0.2) is 0 Å². The van der Waals surface area contributed by atoms with E-state index < -0.39 is 11.7 Å². The van der Waals surface area contributed by atoms with Gasteiger partial charge in [-0.05, 0) is 31.2 Å². The van der Waals surface area contributed by atoms with Gasteiger partial charge in [-0.25, -0.2) is 4.98 Å². The topological polar surface area (TPSA) is 22.1 Å². The number of rotatable bonds is 2. The van der Waals surface area contributed by atoms with E-state index in [9.17, 15) is 13.2 Å². The third-order valence-corrected chi connectivity index (χ3v) is 2.68. The molecule has 19 heavy (non-hydrogen) atoms. The first-order valence-corrected chi connectivity index (χ1v) is 5.61. The van der Waals surface area contributed by atoms with Crippen molar-refractivity contribution in [3.05, 3.63) is 47.7 Å². The minimum Gasteiger partial charge on any atom is -0.494 e. The number of aryl methyl sites for hydroxylation is 1.